The van der Waals surface area contributed by atoms with Crippen molar-refractivity contribution < 1.29 is 18.3 Å². The molecule has 116 valence electrons. The average molecular weight is 311 g/mol. The lowest BCUT2D eigenvalue weighted by Gasteiger charge is -2.34. The van der Waals surface area contributed by atoms with E-state index in [1.807, 2.05) is 0 Å². The van der Waals surface area contributed by atoms with Crippen LogP contribution in [0.3, 0.4) is 0 Å². The number of carboxylic acid groups (broad SMARTS) is 1. The molecule has 6 heteroatoms. The van der Waals surface area contributed by atoms with Gasteiger partial charge in [0.25, 0.3) is 0 Å². The molecule has 0 aliphatic heterocycles. The summed E-state index contributed by atoms with van der Waals surface area (Å²) in [7, 11) is -3.81. The predicted octanol–water partition coefficient (Wildman–Crippen LogP) is 2.67. The topological polar surface area (TPSA) is 74.7 Å². The maximum Gasteiger partial charge on any atom is 0.335 e. The zero-order chi connectivity index (χ0) is 16.4. The van der Waals surface area contributed by atoms with E-state index in [2.05, 4.69) is 6.58 Å². The summed E-state index contributed by atoms with van der Waals surface area (Å²) in [6.45, 7) is 10.6. The van der Waals surface area contributed by atoms with Gasteiger partial charge < -0.3 is 5.11 Å². The molecule has 0 aliphatic carbocycles. The minimum atomic E-state index is -3.81. The molecule has 21 heavy (non-hydrogen) atoms. The second-order valence-electron chi connectivity index (χ2n) is 5.73. The Morgan fingerprint density at radius 2 is 1.95 bits per heavy atom. The molecule has 0 heterocycles. The van der Waals surface area contributed by atoms with Crippen LogP contribution >= 0.6 is 0 Å². The highest BCUT2D eigenvalue weighted by molar-refractivity contribution is 7.89. The second kappa shape index (κ2) is 5.99. The first kappa shape index (κ1) is 17.4. The third-order valence-corrected chi connectivity index (χ3v) is 5.40. The molecule has 0 aromatic heterocycles. The molecule has 1 aromatic rings. The number of carbonyl (C=O) groups is 1. The van der Waals surface area contributed by atoms with Crippen molar-refractivity contribution in [1.82, 2.24) is 4.31 Å². The number of aromatic carboxylic acids is 1. The summed E-state index contributed by atoms with van der Waals surface area (Å²) < 4.78 is 27.0. The zero-order valence-corrected chi connectivity index (χ0v) is 13.6. The van der Waals surface area contributed by atoms with Gasteiger partial charge in [-0.15, -0.1) is 6.58 Å². The molecule has 1 N–H and O–H groups in total. The van der Waals surface area contributed by atoms with Gasteiger partial charge in [0.15, 0.2) is 0 Å². The van der Waals surface area contributed by atoms with Crippen molar-refractivity contribution in [2.75, 3.05) is 6.54 Å². The molecule has 0 spiro atoms. The predicted molar refractivity (Wildman–Crippen MR) is 82.0 cm³/mol. The number of carboxylic acids is 1. The van der Waals surface area contributed by atoms with Crippen LogP contribution in [0.15, 0.2) is 35.7 Å². The standard InChI is InChI=1S/C15H21NO4S/c1-6-10-16(15(3,4)5)21(19,20)13-9-7-8-12(11(13)2)14(17)18/h6-9H,1,10H2,2-5H3,(H,17,18). The Morgan fingerprint density at radius 3 is 2.38 bits per heavy atom. The normalized spacial score (nSPS) is 12.4. The zero-order valence-electron chi connectivity index (χ0n) is 12.8. The average Bonchev–Trinajstić information content (AvgIpc) is 2.33. The smallest absolute Gasteiger partial charge is 0.335 e. The lowest BCUT2D eigenvalue weighted by Crippen LogP contribution is -2.45. The van der Waals surface area contributed by atoms with E-state index in [4.69, 9.17) is 5.11 Å². The molecule has 0 saturated carbocycles. The summed E-state index contributed by atoms with van der Waals surface area (Å²) >= 11 is 0. The van der Waals surface area contributed by atoms with Crippen molar-refractivity contribution in [3.05, 3.63) is 42.0 Å². The highest BCUT2D eigenvalue weighted by atomic mass is 32.2. The monoisotopic (exact) mass is 311 g/mol. The third kappa shape index (κ3) is 3.51. The van der Waals surface area contributed by atoms with E-state index in [-0.39, 0.29) is 22.6 Å². The van der Waals surface area contributed by atoms with E-state index in [9.17, 15) is 13.2 Å². The van der Waals surface area contributed by atoms with Crippen LogP contribution in [0, 0.1) is 6.92 Å². The van der Waals surface area contributed by atoms with Gasteiger partial charge in [0.2, 0.25) is 10.0 Å². The van der Waals surface area contributed by atoms with Gasteiger partial charge in [-0.1, -0.05) is 12.1 Å². The molecule has 0 fully saturated rings. The van der Waals surface area contributed by atoms with Crippen LogP contribution in [-0.4, -0.2) is 35.9 Å². The minimum absolute atomic E-state index is 0.0106. The summed E-state index contributed by atoms with van der Waals surface area (Å²) in [5.41, 5.74) is -0.412. The molecule has 0 unspecified atom stereocenters. The Hall–Kier alpha value is -1.66. The van der Waals surface area contributed by atoms with Gasteiger partial charge in [-0.05, 0) is 45.4 Å². The van der Waals surface area contributed by atoms with E-state index >= 15 is 0 Å². The molecular formula is C15H21NO4S. The first-order chi connectivity index (χ1) is 9.53. The molecule has 0 atom stereocenters. The van der Waals surface area contributed by atoms with E-state index in [0.29, 0.717) is 0 Å². The quantitative estimate of drug-likeness (QED) is 0.848. The van der Waals surface area contributed by atoms with Crippen LogP contribution in [0.25, 0.3) is 0 Å². The van der Waals surface area contributed by atoms with Gasteiger partial charge in [0.1, 0.15) is 0 Å². The fourth-order valence-corrected chi connectivity index (χ4v) is 4.10. The minimum Gasteiger partial charge on any atom is -0.478 e. The Kier molecular flexibility index (Phi) is 4.96. The van der Waals surface area contributed by atoms with Crippen LogP contribution in [0.2, 0.25) is 0 Å². The number of rotatable bonds is 5. The van der Waals surface area contributed by atoms with Crippen LogP contribution in [0.1, 0.15) is 36.7 Å². The van der Waals surface area contributed by atoms with Crippen LogP contribution in [0.5, 0.6) is 0 Å². The van der Waals surface area contributed by atoms with Crippen LogP contribution < -0.4 is 0 Å². The van der Waals surface area contributed by atoms with Gasteiger partial charge in [0.05, 0.1) is 10.5 Å². The van der Waals surface area contributed by atoms with Gasteiger partial charge in [0, 0.05) is 12.1 Å². The highest BCUT2D eigenvalue weighted by Crippen LogP contribution is 2.27. The van der Waals surface area contributed by atoms with Gasteiger partial charge in [-0.2, -0.15) is 4.31 Å². The number of hydrogen-bond donors (Lipinski definition) is 1. The van der Waals surface area contributed by atoms with Crippen molar-refractivity contribution in [2.24, 2.45) is 0 Å². The van der Waals surface area contributed by atoms with E-state index < -0.39 is 21.5 Å². The number of nitrogens with zero attached hydrogens (tertiary/aromatic N) is 1. The van der Waals surface area contributed by atoms with E-state index in [1.54, 1.807) is 20.8 Å². The molecule has 0 amide bonds. The van der Waals surface area contributed by atoms with Gasteiger partial charge in [-0.3, -0.25) is 0 Å². The highest BCUT2D eigenvalue weighted by Gasteiger charge is 2.34. The van der Waals surface area contributed by atoms with Crippen molar-refractivity contribution in [1.29, 1.82) is 0 Å². The fourth-order valence-electron chi connectivity index (χ4n) is 2.09. The lowest BCUT2D eigenvalue weighted by molar-refractivity contribution is 0.0696. The third-order valence-electron chi connectivity index (χ3n) is 3.13. The summed E-state index contributed by atoms with van der Waals surface area (Å²) in [5, 5.41) is 9.13. The van der Waals surface area contributed by atoms with Gasteiger partial charge >= 0.3 is 5.97 Å². The van der Waals surface area contributed by atoms with Crippen LogP contribution in [0.4, 0.5) is 0 Å². The molecule has 5 nitrogen and oxygen atoms in total. The number of sulfonamides is 1. The first-order valence-corrected chi connectivity index (χ1v) is 7.94. The first-order valence-electron chi connectivity index (χ1n) is 6.50. The Bertz CT molecular complexity index is 657. The van der Waals surface area contributed by atoms with E-state index in [1.165, 1.54) is 35.5 Å². The summed E-state index contributed by atoms with van der Waals surface area (Å²) in [6, 6.07) is 4.27. The lowest BCUT2D eigenvalue weighted by atomic mass is 10.1. The molecular weight excluding hydrogens is 290 g/mol. The van der Waals surface area contributed by atoms with E-state index in [0.717, 1.165) is 0 Å². The largest absolute Gasteiger partial charge is 0.478 e. The second-order valence-corrected chi connectivity index (χ2v) is 7.56. The Balaban J connectivity index is 3.53. The molecule has 1 aromatic carbocycles. The van der Waals surface area contributed by atoms with Crippen molar-refractivity contribution >= 4 is 16.0 Å². The van der Waals surface area contributed by atoms with Crippen molar-refractivity contribution in [3.8, 4) is 0 Å². The molecule has 0 bridgehead atoms. The maximum absolute atomic E-state index is 12.8. The molecule has 0 radical (unpaired) electrons. The summed E-state index contributed by atoms with van der Waals surface area (Å²) in [5.74, 6) is -1.14. The van der Waals surface area contributed by atoms with Gasteiger partial charge in [-0.25, -0.2) is 13.2 Å². The fraction of sp³-hybridized carbons (Fsp3) is 0.400. The molecule has 0 saturated heterocycles. The van der Waals surface area contributed by atoms with Crippen molar-refractivity contribution in [2.45, 2.75) is 38.1 Å². The number of benzene rings is 1. The SMILES string of the molecule is C=CCN(C(C)(C)C)S(=O)(=O)c1cccc(C(=O)O)c1C. The summed E-state index contributed by atoms with van der Waals surface area (Å²) in [6.07, 6.45) is 1.51. The van der Waals surface area contributed by atoms with Crippen LogP contribution in [-0.2, 0) is 10.0 Å². The molecule has 1 rings (SSSR count). The number of hydrogen-bond acceptors (Lipinski definition) is 3. The Morgan fingerprint density at radius 1 is 1.38 bits per heavy atom. The van der Waals surface area contributed by atoms with Crippen molar-refractivity contribution in [3.63, 3.8) is 0 Å². The maximum atomic E-state index is 12.8. The Labute approximate surface area is 126 Å². The summed E-state index contributed by atoms with van der Waals surface area (Å²) in [4.78, 5) is 11.2. The molecule has 0 aliphatic rings.